The smallest absolute Gasteiger partial charge is 0.254 e. The Morgan fingerprint density at radius 1 is 0.949 bits per heavy atom. The molecule has 11 heteroatoms. The van der Waals surface area contributed by atoms with E-state index in [1.807, 2.05) is 41.3 Å². The van der Waals surface area contributed by atoms with Crippen LogP contribution in [-0.4, -0.2) is 81.1 Å². The van der Waals surface area contributed by atoms with Crippen LogP contribution in [0.2, 0.25) is 0 Å². The normalized spacial score (nSPS) is 19.0. The summed E-state index contributed by atoms with van der Waals surface area (Å²) in [7, 11) is -3.87. The van der Waals surface area contributed by atoms with Crippen molar-refractivity contribution in [3.05, 3.63) is 79.1 Å². The van der Waals surface area contributed by atoms with E-state index in [0.717, 1.165) is 16.5 Å². The molecule has 2 aliphatic heterocycles. The molecule has 0 bridgehead atoms. The van der Waals surface area contributed by atoms with Gasteiger partial charge in [-0.15, -0.1) is 0 Å². The quantitative estimate of drug-likeness (QED) is 0.422. The third kappa shape index (κ3) is 5.99. The molecule has 1 unspecified atom stereocenters. The molecule has 1 fully saturated rings. The summed E-state index contributed by atoms with van der Waals surface area (Å²) in [6.45, 7) is 2.29. The minimum absolute atomic E-state index is 0.0907. The molecule has 0 spiro atoms. The highest BCUT2D eigenvalue weighted by Crippen LogP contribution is 2.26. The van der Waals surface area contributed by atoms with Gasteiger partial charge >= 0.3 is 0 Å². The summed E-state index contributed by atoms with van der Waals surface area (Å²) in [6, 6.07) is 16.2. The Kier molecular flexibility index (Phi) is 7.71. The number of benzene rings is 2. The number of amides is 2. The van der Waals surface area contributed by atoms with Crippen LogP contribution in [0.25, 0.3) is 10.8 Å². The standard InChI is InChI=1S/C28H30N6O4S/c35-26(21-32-39(37,38)25-7-6-22-4-1-2-5-23(22)20-25)30-15-11-28(10-3-12-31-28)27(36)34-18-16-33(17-19-34)24-8-13-29-14-9-24/h1-10,12-14,20,32H,11,15-19,21H2,(H,30,35). The highest BCUT2D eigenvalue weighted by molar-refractivity contribution is 7.89. The lowest BCUT2D eigenvalue weighted by Crippen LogP contribution is -2.55. The topological polar surface area (TPSA) is 124 Å². The van der Waals surface area contributed by atoms with Crippen molar-refractivity contribution in [1.82, 2.24) is 19.9 Å². The molecule has 1 atom stereocenters. The van der Waals surface area contributed by atoms with Gasteiger partial charge in [0, 0.05) is 63.4 Å². The molecular formula is C28H30N6O4S. The maximum atomic E-state index is 13.5. The number of hydrogen-bond acceptors (Lipinski definition) is 7. The van der Waals surface area contributed by atoms with E-state index >= 15 is 0 Å². The molecule has 3 aromatic rings. The molecule has 3 heterocycles. The number of piperazine rings is 1. The van der Waals surface area contributed by atoms with Crippen LogP contribution in [0.3, 0.4) is 0 Å². The third-order valence-corrected chi connectivity index (χ3v) is 8.41. The summed E-state index contributed by atoms with van der Waals surface area (Å²) < 4.78 is 27.8. The molecule has 2 N–H and O–H groups in total. The van der Waals surface area contributed by atoms with Crippen molar-refractivity contribution in [2.24, 2.45) is 4.99 Å². The molecule has 0 radical (unpaired) electrons. The van der Waals surface area contributed by atoms with Crippen LogP contribution >= 0.6 is 0 Å². The highest BCUT2D eigenvalue weighted by Gasteiger charge is 2.40. The zero-order chi connectivity index (χ0) is 27.3. The second-order valence-electron chi connectivity index (χ2n) is 9.48. The summed E-state index contributed by atoms with van der Waals surface area (Å²) in [5, 5.41) is 4.44. The Hall–Kier alpha value is -4.09. The average Bonchev–Trinajstić information content (AvgIpc) is 3.46. The van der Waals surface area contributed by atoms with Crippen molar-refractivity contribution in [2.75, 3.05) is 44.2 Å². The van der Waals surface area contributed by atoms with Crippen LogP contribution in [0.15, 0.2) is 89.0 Å². The summed E-state index contributed by atoms with van der Waals surface area (Å²) >= 11 is 0. The largest absolute Gasteiger partial charge is 0.368 e. The van der Waals surface area contributed by atoms with E-state index in [0.29, 0.717) is 26.2 Å². The fourth-order valence-corrected chi connectivity index (χ4v) is 5.85. The predicted molar refractivity (Wildman–Crippen MR) is 150 cm³/mol. The summed E-state index contributed by atoms with van der Waals surface area (Å²) in [4.78, 5) is 38.6. The number of pyridine rings is 1. The van der Waals surface area contributed by atoms with Gasteiger partial charge in [-0.1, -0.05) is 30.3 Å². The van der Waals surface area contributed by atoms with Gasteiger partial charge in [-0.25, -0.2) is 13.1 Å². The van der Waals surface area contributed by atoms with Crippen LogP contribution < -0.4 is 14.9 Å². The van der Waals surface area contributed by atoms with E-state index < -0.39 is 28.0 Å². The molecule has 0 saturated carbocycles. The molecular weight excluding hydrogens is 516 g/mol. The molecule has 39 heavy (non-hydrogen) atoms. The lowest BCUT2D eigenvalue weighted by atomic mass is 9.94. The molecule has 1 aromatic heterocycles. The van der Waals surface area contributed by atoms with Gasteiger partial charge in [0.15, 0.2) is 5.54 Å². The van der Waals surface area contributed by atoms with Gasteiger partial charge in [-0.2, -0.15) is 0 Å². The number of nitrogens with zero attached hydrogens (tertiary/aromatic N) is 4. The van der Waals surface area contributed by atoms with Crippen molar-refractivity contribution in [3.63, 3.8) is 0 Å². The van der Waals surface area contributed by atoms with Gasteiger partial charge < -0.3 is 15.1 Å². The maximum Gasteiger partial charge on any atom is 0.254 e. The molecule has 202 valence electrons. The van der Waals surface area contributed by atoms with E-state index in [-0.39, 0.29) is 23.8 Å². The summed E-state index contributed by atoms with van der Waals surface area (Å²) in [6.07, 6.45) is 8.88. The van der Waals surface area contributed by atoms with Crippen LogP contribution in [0.5, 0.6) is 0 Å². The van der Waals surface area contributed by atoms with Crippen LogP contribution in [0.4, 0.5) is 5.69 Å². The van der Waals surface area contributed by atoms with E-state index in [1.165, 1.54) is 6.07 Å². The number of rotatable bonds is 9. The van der Waals surface area contributed by atoms with E-state index in [2.05, 4.69) is 24.9 Å². The van der Waals surface area contributed by atoms with Crippen LogP contribution in [-0.2, 0) is 19.6 Å². The Morgan fingerprint density at radius 2 is 1.69 bits per heavy atom. The van der Waals surface area contributed by atoms with Gasteiger partial charge in [-0.05, 0) is 47.2 Å². The van der Waals surface area contributed by atoms with Gasteiger partial charge in [0.1, 0.15) is 0 Å². The monoisotopic (exact) mass is 546 g/mol. The summed E-state index contributed by atoms with van der Waals surface area (Å²) in [5.41, 5.74) is 0.000953. The minimum atomic E-state index is -3.87. The molecule has 2 amide bonds. The number of nitrogens with one attached hydrogen (secondary N) is 2. The number of carbonyl (C=O) groups excluding carboxylic acids is 2. The van der Waals surface area contributed by atoms with Crippen LogP contribution in [0.1, 0.15) is 6.42 Å². The fraction of sp³-hybridized carbons (Fsp3) is 0.286. The number of hydrogen-bond donors (Lipinski definition) is 2. The first kappa shape index (κ1) is 26.5. The van der Waals surface area contributed by atoms with Crippen molar-refractivity contribution in [2.45, 2.75) is 16.9 Å². The number of anilines is 1. The molecule has 5 rings (SSSR count). The molecule has 0 aliphatic carbocycles. The number of sulfonamides is 1. The number of allylic oxidation sites excluding steroid dienone is 1. The van der Waals surface area contributed by atoms with E-state index in [1.54, 1.807) is 42.9 Å². The van der Waals surface area contributed by atoms with Crippen molar-refractivity contribution < 1.29 is 18.0 Å². The fourth-order valence-electron chi connectivity index (χ4n) is 4.83. The second-order valence-corrected chi connectivity index (χ2v) is 11.2. The van der Waals surface area contributed by atoms with Gasteiger partial charge in [-0.3, -0.25) is 19.6 Å². The second kappa shape index (κ2) is 11.3. The first-order chi connectivity index (χ1) is 18.9. The zero-order valence-electron chi connectivity index (χ0n) is 21.4. The third-order valence-electron chi connectivity index (χ3n) is 7.01. The Morgan fingerprint density at radius 3 is 2.41 bits per heavy atom. The zero-order valence-corrected chi connectivity index (χ0v) is 22.2. The Labute approximate surface area is 227 Å². The van der Waals surface area contributed by atoms with Crippen molar-refractivity contribution in [3.8, 4) is 0 Å². The van der Waals surface area contributed by atoms with Gasteiger partial charge in [0.05, 0.1) is 11.4 Å². The minimum Gasteiger partial charge on any atom is -0.368 e. The average molecular weight is 547 g/mol. The lowest BCUT2D eigenvalue weighted by molar-refractivity contribution is -0.135. The molecule has 10 nitrogen and oxygen atoms in total. The van der Waals surface area contributed by atoms with Crippen molar-refractivity contribution in [1.29, 1.82) is 0 Å². The molecule has 1 saturated heterocycles. The van der Waals surface area contributed by atoms with Gasteiger partial charge in [0.25, 0.3) is 5.91 Å². The number of aromatic nitrogens is 1. The number of carbonyl (C=O) groups is 2. The van der Waals surface area contributed by atoms with Crippen molar-refractivity contribution >= 4 is 44.5 Å². The Balaban J connectivity index is 1.12. The molecule has 2 aliphatic rings. The molecule has 2 aromatic carbocycles. The first-order valence-electron chi connectivity index (χ1n) is 12.8. The van der Waals surface area contributed by atoms with E-state index in [9.17, 15) is 18.0 Å². The Bertz CT molecular complexity index is 1500. The van der Waals surface area contributed by atoms with Gasteiger partial charge in [0.2, 0.25) is 15.9 Å². The highest BCUT2D eigenvalue weighted by atomic mass is 32.2. The first-order valence-corrected chi connectivity index (χ1v) is 14.3. The van der Waals surface area contributed by atoms with E-state index in [4.69, 9.17) is 0 Å². The SMILES string of the molecule is O=C(CNS(=O)(=O)c1ccc2ccccc2c1)NCCC1(C(=O)N2CCN(c3ccncc3)CC2)C=CC=N1. The maximum absolute atomic E-state index is 13.5. The lowest BCUT2D eigenvalue weighted by Gasteiger charge is -2.39. The number of fused-ring (bicyclic) bond motifs is 1. The summed E-state index contributed by atoms with van der Waals surface area (Å²) in [5.74, 6) is -0.591. The predicted octanol–water partition coefficient (Wildman–Crippen LogP) is 1.75. The number of aliphatic imine (C=N–C) groups is 1. The van der Waals surface area contributed by atoms with Crippen LogP contribution in [0, 0.1) is 0 Å².